The number of phosphoric acid groups is 2. The average Bonchev–Trinajstić information content (AvgIpc) is 1.86. The van der Waals surface area contributed by atoms with E-state index in [0.29, 0.717) is 25.7 Å². The first-order chi connectivity index (χ1) is 44.6. The Morgan fingerprint density at radius 1 is 0.304 bits per heavy atom. The van der Waals surface area contributed by atoms with Gasteiger partial charge in [0.2, 0.25) is 0 Å². The summed E-state index contributed by atoms with van der Waals surface area (Å²) in [6, 6.07) is 0. The van der Waals surface area contributed by atoms with E-state index in [1.807, 2.05) is 0 Å². The Morgan fingerprint density at radius 2 is 0.522 bits per heavy atom. The molecular weight excluding hydrogens is 1210 g/mol. The summed E-state index contributed by atoms with van der Waals surface area (Å²) in [5.74, 6) is -1.31. The van der Waals surface area contributed by atoms with Gasteiger partial charge >= 0.3 is 39.5 Å². The van der Waals surface area contributed by atoms with Gasteiger partial charge in [0.05, 0.1) is 26.4 Å². The lowest BCUT2D eigenvalue weighted by atomic mass is 9.99. The van der Waals surface area contributed by atoms with Crippen LogP contribution in [0.4, 0.5) is 0 Å². The Kier molecular flexibility index (Phi) is 64.9. The summed E-state index contributed by atoms with van der Waals surface area (Å²) in [5, 5.41) is 10.6. The molecule has 0 aromatic rings. The molecule has 19 heteroatoms. The number of unbranched alkanes of at least 4 members (excludes halogenated alkanes) is 44. The third kappa shape index (κ3) is 65.4. The standard InChI is InChI=1S/C73H142O17P2/c1-6-10-13-16-19-22-25-26-27-28-29-32-39-44-49-54-59-73(78)90-69(63-84-71(76)57-52-47-42-37-34-33-35-40-45-50-55-66(5)9-4)65-88-92(81,82)86-61-67(74)60-85-91(79,80)87-64-68(89-72(77)58-53-48-43-38-31-24-21-18-15-12-8-3)62-83-70(75)56-51-46-41-36-30-23-20-17-14-11-7-2/h66-69,74H,6-65H2,1-5H3,(H,79,80)(H,81,82)/t66?,67-,68+,69+/m0/s1. The van der Waals surface area contributed by atoms with Crippen LogP contribution in [-0.4, -0.2) is 96.7 Å². The summed E-state index contributed by atoms with van der Waals surface area (Å²) < 4.78 is 68.4. The highest BCUT2D eigenvalue weighted by Gasteiger charge is 2.30. The van der Waals surface area contributed by atoms with E-state index in [4.69, 9.17) is 37.0 Å². The van der Waals surface area contributed by atoms with Gasteiger partial charge in [0.25, 0.3) is 0 Å². The molecule has 0 aliphatic carbocycles. The van der Waals surface area contributed by atoms with Gasteiger partial charge in [-0.05, 0) is 31.6 Å². The van der Waals surface area contributed by atoms with E-state index < -0.39 is 97.5 Å². The molecule has 0 rings (SSSR count). The lowest BCUT2D eigenvalue weighted by Crippen LogP contribution is -2.30. The van der Waals surface area contributed by atoms with E-state index in [1.54, 1.807) is 0 Å². The molecule has 0 bridgehead atoms. The molecule has 0 fully saturated rings. The highest BCUT2D eigenvalue weighted by Crippen LogP contribution is 2.45. The molecule has 17 nitrogen and oxygen atoms in total. The zero-order valence-electron chi connectivity index (χ0n) is 59.7. The maximum atomic E-state index is 13.1. The topological polar surface area (TPSA) is 237 Å². The number of aliphatic hydroxyl groups is 1. The molecule has 0 aliphatic rings. The van der Waals surface area contributed by atoms with Gasteiger partial charge in [-0.25, -0.2) is 9.13 Å². The van der Waals surface area contributed by atoms with Crippen LogP contribution in [0.15, 0.2) is 0 Å². The lowest BCUT2D eigenvalue weighted by Gasteiger charge is -2.21. The fraction of sp³-hybridized carbons (Fsp3) is 0.945. The summed E-state index contributed by atoms with van der Waals surface area (Å²) in [6.45, 7) is 7.30. The monoisotopic (exact) mass is 1350 g/mol. The number of hydrogen-bond acceptors (Lipinski definition) is 15. The maximum absolute atomic E-state index is 13.1. The van der Waals surface area contributed by atoms with E-state index in [2.05, 4.69) is 34.6 Å². The molecule has 0 amide bonds. The van der Waals surface area contributed by atoms with Crippen molar-refractivity contribution in [1.82, 2.24) is 0 Å². The van der Waals surface area contributed by atoms with E-state index in [-0.39, 0.29) is 25.7 Å². The largest absolute Gasteiger partial charge is 0.472 e. The third-order valence-electron chi connectivity index (χ3n) is 17.4. The third-order valence-corrected chi connectivity index (χ3v) is 19.3. The Bertz CT molecular complexity index is 1770. The first kappa shape index (κ1) is 90.1. The second-order valence-electron chi connectivity index (χ2n) is 26.6. The van der Waals surface area contributed by atoms with Crippen molar-refractivity contribution in [2.75, 3.05) is 39.6 Å². The van der Waals surface area contributed by atoms with E-state index in [0.717, 1.165) is 95.8 Å². The predicted molar refractivity (Wildman–Crippen MR) is 372 cm³/mol. The van der Waals surface area contributed by atoms with Crippen LogP contribution in [-0.2, 0) is 65.4 Å². The van der Waals surface area contributed by atoms with Crippen molar-refractivity contribution in [1.29, 1.82) is 0 Å². The Balaban J connectivity index is 5.25. The summed E-state index contributed by atoms with van der Waals surface area (Å²) in [5.41, 5.74) is 0. The van der Waals surface area contributed by atoms with E-state index >= 15 is 0 Å². The highest BCUT2D eigenvalue weighted by atomic mass is 31.2. The van der Waals surface area contributed by atoms with E-state index in [1.165, 1.54) is 205 Å². The van der Waals surface area contributed by atoms with Crippen LogP contribution < -0.4 is 0 Å². The number of esters is 4. The van der Waals surface area contributed by atoms with Gasteiger partial charge in [0.1, 0.15) is 19.3 Å². The molecule has 0 aliphatic heterocycles. The molecule has 6 atom stereocenters. The van der Waals surface area contributed by atoms with Crippen LogP contribution >= 0.6 is 15.6 Å². The van der Waals surface area contributed by atoms with Gasteiger partial charge in [0.15, 0.2) is 12.2 Å². The van der Waals surface area contributed by atoms with Crippen LogP contribution in [0.2, 0.25) is 0 Å². The molecule has 0 heterocycles. The zero-order valence-corrected chi connectivity index (χ0v) is 61.5. The minimum absolute atomic E-state index is 0.107. The van der Waals surface area contributed by atoms with E-state index in [9.17, 15) is 43.2 Å². The Hall–Kier alpha value is -1.94. The molecule has 0 spiro atoms. The molecule has 92 heavy (non-hydrogen) atoms. The highest BCUT2D eigenvalue weighted by molar-refractivity contribution is 7.47. The van der Waals surface area contributed by atoms with Crippen LogP contribution in [0.3, 0.4) is 0 Å². The zero-order chi connectivity index (χ0) is 67.7. The second kappa shape index (κ2) is 66.3. The quantitative estimate of drug-likeness (QED) is 0.0222. The molecule has 0 aromatic heterocycles. The number of carbonyl (C=O) groups excluding carboxylic acids is 4. The number of carbonyl (C=O) groups is 4. The molecule has 3 unspecified atom stereocenters. The van der Waals surface area contributed by atoms with Crippen molar-refractivity contribution in [3.63, 3.8) is 0 Å². The van der Waals surface area contributed by atoms with Gasteiger partial charge in [-0.1, -0.05) is 330 Å². The summed E-state index contributed by atoms with van der Waals surface area (Å²) in [7, 11) is -9.90. The first-order valence-electron chi connectivity index (χ1n) is 38.2. The smallest absolute Gasteiger partial charge is 0.462 e. The minimum Gasteiger partial charge on any atom is -0.462 e. The SMILES string of the molecule is CCCCCCCCCCCCCCCCCCC(=O)O[C@H](COC(=O)CCCCCCCCCCCCC(C)CC)COP(=O)(O)OC[C@@H](O)COP(=O)(O)OC[C@@H](COC(=O)CCCCCCCCCCCCC)OC(=O)CCCCCCCCCCCCC. The molecule has 546 valence electrons. The first-order valence-corrected chi connectivity index (χ1v) is 41.2. The van der Waals surface area contributed by atoms with Crippen LogP contribution in [0.5, 0.6) is 0 Å². The van der Waals surface area contributed by atoms with Gasteiger partial charge in [0, 0.05) is 25.7 Å². The summed E-state index contributed by atoms with van der Waals surface area (Å²) in [6.07, 6.45) is 53.8. The van der Waals surface area contributed by atoms with Crippen LogP contribution in [0.25, 0.3) is 0 Å². The molecule has 0 saturated carbocycles. The van der Waals surface area contributed by atoms with Gasteiger partial charge < -0.3 is 33.8 Å². The van der Waals surface area contributed by atoms with Crippen molar-refractivity contribution in [3.8, 4) is 0 Å². The van der Waals surface area contributed by atoms with Gasteiger partial charge in [-0.2, -0.15) is 0 Å². The van der Waals surface area contributed by atoms with Crippen LogP contribution in [0.1, 0.15) is 381 Å². The summed E-state index contributed by atoms with van der Waals surface area (Å²) in [4.78, 5) is 72.7. The fourth-order valence-corrected chi connectivity index (χ4v) is 12.7. The van der Waals surface area contributed by atoms with Crippen molar-refractivity contribution >= 4 is 39.5 Å². The van der Waals surface area contributed by atoms with Crippen LogP contribution in [0, 0.1) is 5.92 Å². The maximum Gasteiger partial charge on any atom is 0.472 e. The lowest BCUT2D eigenvalue weighted by molar-refractivity contribution is -0.161. The number of phosphoric ester groups is 2. The Labute approximate surface area is 562 Å². The number of aliphatic hydroxyl groups excluding tert-OH is 1. The minimum atomic E-state index is -4.95. The average molecular weight is 1350 g/mol. The van der Waals surface area contributed by atoms with Crippen molar-refractivity contribution in [2.24, 2.45) is 5.92 Å². The molecule has 0 aromatic carbocycles. The van der Waals surface area contributed by atoms with Crippen molar-refractivity contribution < 1.29 is 80.2 Å². The Morgan fingerprint density at radius 3 is 0.772 bits per heavy atom. The molecule has 0 saturated heterocycles. The normalized spacial score (nSPS) is 14.3. The predicted octanol–water partition coefficient (Wildman–Crippen LogP) is 21.3. The molecule has 0 radical (unpaired) electrons. The number of rotatable bonds is 73. The van der Waals surface area contributed by atoms with Crippen molar-refractivity contribution in [2.45, 2.75) is 400 Å². The number of ether oxygens (including phenoxy) is 4. The second-order valence-corrected chi connectivity index (χ2v) is 29.5. The fourth-order valence-electron chi connectivity index (χ4n) is 11.1. The van der Waals surface area contributed by atoms with Gasteiger partial charge in [-0.3, -0.25) is 37.3 Å². The van der Waals surface area contributed by atoms with Crippen molar-refractivity contribution in [3.05, 3.63) is 0 Å². The molecular formula is C73H142O17P2. The number of hydrogen-bond donors (Lipinski definition) is 3. The summed E-state index contributed by atoms with van der Waals surface area (Å²) >= 11 is 0. The molecule has 3 N–H and O–H groups in total. The van der Waals surface area contributed by atoms with Gasteiger partial charge in [-0.15, -0.1) is 0 Å².